The number of carbonyl (C=O) groups is 1. The molecule has 0 aliphatic carbocycles. The predicted octanol–water partition coefficient (Wildman–Crippen LogP) is 6.88. The second kappa shape index (κ2) is 14.4. The lowest BCUT2D eigenvalue weighted by atomic mass is 10.0. The Labute approximate surface area is 235 Å². The number of amides is 1. The minimum Gasteiger partial charge on any atom is -0.497 e. The molecule has 0 aliphatic rings. The van der Waals surface area contributed by atoms with Gasteiger partial charge in [0.25, 0.3) is 0 Å². The monoisotopic (exact) mass is 543 g/mol. The third kappa shape index (κ3) is 7.67. The van der Waals surface area contributed by atoms with Gasteiger partial charge < -0.3 is 19.4 Å². The molecule has 0 spiro atoms. The van der Waals surface area contributed by atoms with E-state index in [1.54, 1.807) is 26.0 Å². The second-order valence-corrected chi connectivity index (χ2v) is 10.2. The van der Waals surface area contributed by atoms with Gasteiger partial charge in [-0.1, -0.05) is 42.1 Å². The Kier molecular flexibility index (Phi) is 10.5. The molecule has 0 atom stereocenters. The quantitative estimate of drug-likeness (QED) is 0.139. The van der Waals surface area contributed by atoms with Gasteiger partial charge in [-0.15, -0.1) is 0 Å². The third-order valence-electron chi connectivity index (χ3n) is 6.58. The van der Waals surface area contributed by atoms with E-state index in [1.165, 1.54) is 5.56 Å². The van der Waals surface area contributed by atoms with Crippen LogP contribution in [-0.4, -0.2) is 42.0 Å². The molecule has 4 rings (SSSR count). The van der Waals surface area contributed by atoms with E-state index in [4.69, 9.17) is 14.5 Å². The molecule has 0 fully saturated rings. The summed E-state index contributed by atoms with van der Waals surface area (Å²) in [5.74, 6) is 2.66. The van der Waals surface area contributed by atoms with Crippen molar-refractivity contribution in [2.45, 2.75) is 44.3 Å². The van der Waals surface area contributed by atoms with E-state index in [-0.39, 0.29) is 5.91 Å². The topological polar surface area (TPSA) is 65.4 Å². The molecule has 6 nitrogen and oxygen atoms in total. The summed E-state index contributed by atoms with van der Waals surface area (Å²) in [5, 5.41) is 4.03. The highest BCUT2D eigenvalue weighted by Gasteiger charge is 2.20. The molecule has 0 bridgehead atoms. The first-order valence-corrected chi connectivity index (χ1v) is 14.4. The lowest BCUT2D eigenvalue weighted by molar-refractivity contribution is -0.121. The molecule has 0 aliphatic heterocycles. The first-order valence-electron chi connectivity index (χ1n) is 13.5. The van der Waals surface area contributed by atoms with E-state index in [2.05, 4.69) is 53.2 Å². The van der Waals surface area contributed by atoms with Crippen LogP contribution in [0.3, 0.4) is 0 Å². The number of benzene rings is 3. The average Bonchev–Trinajstić information content (AvgIpc) is 3.36. The Morgan fingerprint density at radius 2 is 1.51 bits per heavy atom. The highest BCUT2D eigenvalue weighted by Crippen LogP contribution is 2.37. The highest BCUT2D eigenvalue weighted by molar-refractivity contribution is 7.99. The molecule has 0 saturated carbocycles. The van der Waals surface area contributed by atoms with Gasteiger partial charge in [-0.05, 0) is 80.3 Å². The lowest BCUT2D eigenvalue weighted by Gasteiger charge is -2.11. The molecular weight excluding hydrogens is 506 g/mol. The van der Waals surface area contributed by atoms with Gasteiger partial charge in [0.05, 0.1) is 25.6 Å². The SMILES string of the molecule is CCn1c(SCCCCC(=O)NCCc2ccccc2)nc(-c2ccc(OC)cc2)c1-c1ccc(OC)cc1. The molecule has 4 aromatic rings. The molecule has 0 radical (unpaired) electrons. The van der Waals surface area contributed by atoms with Gasteiger partial charge >= 0.3 is 0 Å². The van der Waals surface area contributed by atoms with Gasteiger partial charge in [-0.2, -0.15) is 0 Å². The van der Waals surface area contributed by atoms with Crippen LogP contribution < -0.4 is 14.8 Å². The van der Waals surface area contributed by atoms with E-state index in [0.717, 1.165) is 70.7 Å². The van der Waals surface area contributed by atoms with Gasteiger partial charge in [0, 0.05) is 36.4 Å². The van der Waals surface area contributed by atoms with Crippen molar-refractivity contribution < 1.29 is 14.3 Å². The number of carbonyl (C=O) groups excluding carboxylic acids is 1. The fourth-order valence-corrected chi connectivity index (χ4v) is 5.52. The summed E-state index contributed by atoms with van der Waals surface area (Å²) in [6.07, 6.45) is 3.21. The van der Waals surface area contributed by atoms with Gasteiger partial charge in [-0.3, -0.25) is 4.79 Å². The number of unbranched alkanes of at least 4 members (excludes halogenated alkanes) is 1. The van der Waals surface area contributed by atoms with E-state index in [0.29, 0.717) is 13.0 Å². The number of hydrogen-bond donors (Lipinski definition) is 1. The van der Waals surface area contributed by atoms with Crippen molar-refractivity contribution >= 4 is 17.7 Å². The summed E-state index contributed by atoms with van der Waals surface area (Å²) in [6, 6.07) is 26.4. The van der Waals surface area contributed by atoms with Crippen LogP contribution in [-0.2, 0) is 17.8 Å². The molecule has 0 unspecified atom stereocenters. The van der Waals surface area contributed by atoms with Crippen molar-refractivity contribution in [3.05, 3.63) is 84.4 Å². The van der Waals surface area contributed by atoms with Crippen molar-refractivity contribution in [3.8, 4) is 34.0 Å². The smallest absolute Gasteiger partial charge is 0.220 e. The average molecular weight is 544 g/mol. The number of hydrogen-bond acceptors (Lipinski definition) is 5. The summed E-state index contributed by atoms with van der Waals surface area (Å²) in [5.41, 5.74) is 5.41. The number of aromatic nitrogens is 2. The number of imidazole rings is 1. The number of methoxy groups -OCH3 is 2. The molecular formula is C32H37N3O3S. The predicted molar refractivity (Wildman–Crippen MR) is 160 cm³/mol. The van der Waals surface area contributed by atoms with Gasteiger partial charge in [0.2, 0.25) is 5.91 Å². The maximum atomic E-state index is 12.3. The van der Waals surface area contributed by atoms with Crippen LogP contribution in [0.4, 0.5) is 0 Å². The Bertz CT molecular complexity index is 1320. The second-order valence-electron chi connectivity index (χ2n) is 9.18. The summed E-state index contributed by atoms with van der Waals surface area (Å²) in [7, 11) is 3.35. The van der Waals surface area contributed by atoms with Crippen LogP contribution in [0.15, 0.2) is 84.0 Å². The number of ether oxygens (including phenoxy) is 2. The van der Waals surface area contributed by atoms with Gasteiger partial charge in [0.15, 0.2) is 5.16 Å². The third-order valence-corrected chi connectivity index (χ3v) is 7.65. The minimum atomic E-state index is 0.120. The van der Waals surface area contributed by atoms with E-state index >= 15 is 0 Å². The number of rotatable bonds is 14. The fourth-order valence-electron chi connectivity index (χ4n) is 4.46. The van der Waals surface area contributed by atoms with Gasteiger partial charge in [-0.25, -0.2) is 4.98 Å². The van der Waals surface area contributed by atoms with Crippen molar-refractivity contribution in [2.24, 2.45) is 0 Å². The first kappa shape index (κ1) is 28.3. The highest BCUT2D eigenvalue weighted by atomic mass is 32.2. The Morgan fingerprint density at radius 3 is 2.13 bits per heavy atom. The van der Waals surface area contributed by atoms with Crippen molar-refractivity contribution in [1.82, 2.24) is 14.9 Å². The molecule has 7 heteroatoms. The van der Waals surface area contributed by atoms with E-state index in [1.807, 2.05) is 42.5 Å². The summed E-state index contributed by atoms with van der Waals surface area (Å²) < 4.78 is 13.0. The largest absolute Gasteiger partial charge is 0.497 e. The maximum Gasteiger partial charge on any atom is 0.220 e. The van der Waals surface area contributed by atoms with E-state index < -0.39 is 0 Å². The zero-order valence-electron chi connectivity index (χ0n) is 23.0. The van der Waals surface area contributed by atoms with Crippen LogP contribution in [0.1, 0.15) is 31.7 Å². The van der Waals surface area contributed by atoms with Crippen LogP contribution in [0.25, 0.3) is 22.5 Å². The molecule has 0 saturated heterocycles. The molecule has 1 aromatic heterocycles. The Hall–Kier alpha value is -3.71. The van der Waals surface area contributed by atoms with Crippen LogP contribution in [0.5, 0.6) is 11.5 Å². The maximum absolute atomic E-state index is 12.3. The molecule has 39 heavy (non-hydrogen) atoms. The first-order chi connectivity index (χ1) is 19.1. The lowest BCUT2D eigenvalue weighted by Crippen LogP contribution is -2.25. The fraction of sp³-hybridized carbons (Fsp3) is 0.312. The minimum absolute atomic E-state index is 0.120. The molecule has 1 amide bonds. The van der Waals surface area contributed by atoms with Crippen LogP contribution in [0, 0.1) is 0 Å². The summed E-state index contributed by atoms with van der Waals surface area (Å²) >= 11 is 1.75. The molecule has 3 aromatic carbocycles. The Balaban J connectivity index is 1.39. The van der Waals surface area contributed by atoms with Crippen molar-refractivity contribution in [3.63, 3.8) is 0 Å². The molecule has 204 valence electrons. The Morgan fingerprint density at radius 1 is 0.872 bits per heavy atom. The number of thioether (sulfide) groups is 1. The summed E-state index contributed by atoms with van der Waals surface area (Å²) in [6.45, 7) is 3.63. The molecule has 1 heterocycles. The number of nitrogens with one attached hydrogen (secondary N) is 1. The van der Waals surface area contributed by atoms with Crippen LogP contribution >= 0.6 is 11.8 Å². The van der Waals surface area contributed by atoms with Gasteiger partial charge in [0.1, 0.15) is 11.5 Å². The van der Waals surface area contributed by atoms with Crippen LogP contribution in [0.2, 0.25) is 0 Å². The van der Waals surface area contributed by atoms with E-state index in [9.17, 15) is 4.79 Å². The zero-order chi connectivity index (χ0) is 27.5. The zero-order valence-corrected chi connectivity index (χ0v) is 23.8. The normalized spacial score (nSPS) is 10.8. The standard InChI is InChI=1S/C32H37N3O3S/c1-4-35-31(26-15-19-28(38-3)20-16-26)30(25-13-17-27(37-2)18-14-25)34-32(35)39-23-9-8-12-29(36)33-22-21-24-10-6-5-7-11-24/h5-7,10-11,13-20H,4,8-9,12,21-23H2,1-3H3,(H,33,36). The number of nitrogens with zero attached hydrogens (tertiary/aromatic N) is 2. The molecule has 1 N–H and O–H groups in total. The van der Waals surface area contributed by atoms with Crippen molar-refractivity contribution in [2.75, 3.05) is 26.5 Å². The summed E-state index contributed by atoms with van der Waals surface area (Å²) in [4.78, 5) is 17.4. The van der Waals surface area contributed by atoms with Crippen molar-refractivity contribution in [1.29, 1.82) is 0 Å².